The minimum Gasteiger partial charge on any atom is -0.496 e. The molecule has 8 nitrogen and oxygen atoms in total. The van der Waals surface area contributed by atoms with E-state index in [9.17, 15) is 14.9 Å². The Morgan fingerprint density at radius 3 is 2.44 bits per heavy atom. The van der Waals surface area contributed by atoms with Gasteiger partial charge in [0, 0.05) is 31.7 Å². The molecule has 0 N–H and O–H groups in total. The van der Waals surface area contributed by atoms with E-state index in [1.807, 2.05) is 4.90 Å². The maximum atomic E-state index is 12.9. The van der Waals surface area contributed by atoms with Crippen LogP contribution in [-0.2, 0) is 0 Å². The predicted molar refractivity (Wildman–Crippen MR) is 122 cm³/mol. The van der Waals surface area contributed by atoms with Crippen LogP contribution in [-0.4, -0.2) is 49.0 Å². The van der Waals surface area contributed by atoms with E-state index in [4.69, 9.17) is 32.4 Å². The topological polar surface area (TPSA) is 89.1 Å². The number of piperazine rings is 1. The Labute approximate surface area is 194 Å². The summed E-state index contributed by atoms with van der Waals surface area (Å²) in [5.41, 5.74) is 1.19. The van der Waals surface area contributed by atoms with E-state index in [0.29, 0.717) is 53.4 Å². The molecule has 3 aromatic rings. The van der Waals surface area contributed by atoms with Gasteiger partial charge in [-0.05, 0) is 42.5 Å². The van der Waals surface area contributed by atoms with Crippen molar-refractivity contribution in [2.24, 2.45) is 0 Å². The number of nitro groups is 1. The molecule has 0 saturated carbocycles. The molecule has 0 atom stereocenters. The number of nitrogens with zero attached hydrogens (tertiary/aromatic N) is 3. The number of anilines is 1. The van der Waals surface area contributed by atoms with Crippen molar-refractivity contribution >= 4 is 40.5 Å². The summed E-state index contributed by atoms with van der Waals surface area (Å²) < 4.78 is 10.8. The maximum Gasteiger partial charge on any atom is 0.296 e. The molecule has 0 radical (unpaired) electrons. The highest BCUT2D eigenvalue weighted by atomic mass is 35.5. The number of ether oxygens (including phenoxy) is 1. The van der Waals surface area contributed by atoms with Gasteiger partial charge in [0.15, 0.2) is 5.76 Å². The van der Waals surface area contributed by atoms with Gasteiger partial charge in [-0.3, -0.25) is 14.9 Å². The summed E-state index contributed by atoms with van der Waals surface area (Å²) in [7, 11) is 1.46. The molecule has 1 amide bonds. The molecule has 0 aliphatic carbocycles. The van der Waals surface area contributed by atoms with Gasteiger partial charge in [0.05, 0.1) is 28.1 Å². The summed E-state index contributed by atoms with van der Waals surface area (Å²) in [5.74, 6) is 0.916. The van der Waals surface area contributed by atoms with Gasteiger partial charge in [0.1, 0.15) is 17.2 Å². The molecule has 0 unspecified atom stereocenters. The Morgan fingerprint density at radius 2 is 1.78 bits per heavy atom. The van der Waals surface area contributed by atoms with Crippen LogP contribution in [0, 0.1) is 10.1 Å². The molecular formula is C22H19Cl2N3O5. The standard InChI is InChI=1S/C22H19Cl2N3O5/c1-31-15-3-5-18(19(13-15)27(29)30)25-8-10-26(11-9-25)22(28)21-7-6-20(32-21)14-2-4-16(23)17(24)12-14/h2-7,12-13H,8-11H2,1H3. The molecule has 0 bridgehead atoms. The Kier molecular flexibility index (Phi) is 6.25. The summed E-state index contributed by atoms with van der Waals surface area (Å²) in [4.78, 5) is 27.5. The van der Waals surface area contributed by atoms with Crippen molar-refractivity contribution in [3.63, 3.8) is 0 Å². The average Bonchev–Trinajstić information content (AvgIpc) is 3.30. The largest absolute Gasteiger partial charge is 0.496 e. The van der Waals surface area contributed by atoms with E-state index in [1.165, 1.54) is 13.2 Å². The van der Waals surface area contributed by atoms with Gasteiger partial charge in [-0.1, -0.05) is 23.2 Å². The zero-order valence-electron chi connectivity index (χ0n) is 17.1. The van der Waals surface area contributed by atoms with Crippen LogP contribution >= 0.6 is 23.2 Å². The highest BCUT2D eigenvalue weighted by molar-refractivity contribution is 6.42. The van der Waals surface area contributed by atoms with Crippen molar-refractivity contribution in [1.82, 2.24) is 4.90 Å². The molecule has 2 aromatic carbocycles. The SMILES string of the molecule is COc1ccc(N2CCN(C(=O)c3ccc(-c4ccc(Cl)c(Cl)c4)o3)CC2)c([N+](=O)[O-])c1. The lowest BCUT2D eigenvalue weighted by Gasteiger charge is -2.35. The van der Waals surface area contributed by atoms with Gasteiger partial charge in [0.2, 0.25) is 0 Å². The molecule has 166 valence electrons. The first-order chi connectivity index (χ1) is 15.4. The van der Waals surface area contributed by atoms with Crippen molar-refractivity contribution in [2.45, 2.75) is 0 Å². The van der Waals surface area contributed by atoms with Crippen LogP contribution in [0.4, 0.5) is 11.4 Å². The molecule has 1 saturated heterocycles. The van der Waals surface area contributed by atoms with Gasteiger partial charge in [-0.25, -0.2) is 0 Å². The number of furan rings is 1. The molecule has 32 heavy (non-hydrogen) atoms. The smallest absolute Gasteiger partial charge is 0.296 e. The molecule has 10 heteroatoms. The number of methoxy groups -OCH3 is 1. The summed E-state index contributed by atoms with van der Waals surface area (Å²) >= 11 is 12.0. The Morgan fingerprint density at radius 1 is 1.03 bits per heavy atom. The number of hydrogen-bond acceptors (Lipinski definition) is 6. The second kappa shape index (κ2) is 9.10. The van der Waals surface area contributed by atoms with Crippen LogP contribution < -0.4 is 9.64 Å². The molecule has 0 spiro atoms. The van der Waals surface area contributed by atoms with Gasteiger partial charge >= 0.3 is 0 Å². The fourth-order valence-corrected chi connectivity index (χ4v) is 3.91. The highest BCUT2D eigenvalue weighted by Crippen LogP contribution is 2.33. The number of benzene rings is 2. The minimum atomic E-state index is -0.428. The third-order valence-electron chi connectivity index (χ3n) is 5.31. The molecule has 1 fully saturated rings. The Balaban J connectivity index is 1.45. The van der Waals surface area contributed by atoms with E-state index in [1.54, 1.807) is 47.4 Å². The molecule has 1 aromatic heterocycles. The van der Waals surface area contributed by atoms with Crippen LogP contribution in [0.1, 0.15) is 10.6 Å². The monoisotopic (exact) mass is 475 g/mol. The van der Waals surface area contributed by atoms with E-state index in [0.717, 1.165) is 5.56 Å². The van der Waals surface area contributed by atoms with Crippen molar-refractivity contribution in [1.29, 1.82) is 0 Å². The first-order valence-corrected chi connectivity index (χ1v) is 10.5. The van der Waals surface area contributed by atoms with Crippen molar-refractivity contribution < 1.29 is 18.9 Å². The average molecular weight is 476 g/mol. The quantitative estimate of drug-likeness (QED) is 0.375. The predicted octanol–water partition coefficient (Wildman–Crippen LogP) is 5.13. The number of amides is 1. The fraction of sp³-hybridized carbons (Fsp3) is 0.227. The number of carbonyl (C=O) groups excluding carboxylic acids is 1. The Bertz CT molecular complexity index is 1170. The lowest BCUT2D eigenvalue weighted by atomic mass is 10.2. The van der Waals surface area contributed by atoms with Crippen molar-refractivity contribution in [3.05, 3.63) is 74.5 Å². The molecule has 2 heterocycles. The van der Waals surface area contributed by atoms with Crippen molar-refractivity contribution in [2.75, 3.05) is 38.2 Å². The first kappa shape index (κ1) is 22.0. The van der Waals surface area contributed by atoms with Crippen LogP contribution in [0.15, 0.2) is 52.9 Å². The highest BCUT2D eigenvalue weighted by Gasteiger charge is 2.28. The fourth-order valence-electron chi connectivity index (χ4n) is 3.61. The maximum absolute atomic E-state index is 12.9. The van der Waals surface area contributed by atoms with E-state index >= 15 is 0 Å². The van der Waals surface area contributed by atoms with Crippen LogP contribution in [0.25, 0.3) is 11.3 Å². The van der Waals surface area contributed by atoms with E-state index in [-0.39, 0.29) is 17.4 Å². The van der Waals surface area contributed by atoms with Gasteiger partial charge in [-0.15, -0.1) is 0 Å². The van der Waals surface area contributed by atoms with Gasteiger partial charge in [0.25, 0.3) is 11.6 Å². The number of carbonyl (C=O) groups is 1. The summed E-state index contributed by atoms with van der Waals surface area (Å²) in [6, 6.07) is 13.2. The number of rotatable bonds is 5. The van der Waals surface area contributed by atoms with Crippen LogP contribution in [0.2, 0.25) is 10.0 Å². The summed E-state index contributed by atoms with van der Waals surface area (Å²) in [6.45, 7) is 1.73. The molecular weight excluding hydrogens is 457 g/mol. The van der Waals surface area contributed by atoms with Crippen LogP contribution in [0.3, 0.4) is 0 Å². The lowest BCUT2D eigenvalue weighted by Crippen LogP contribution is -2.48. The third-order valence-corrected chi connectivity index (χ3v) is 6.05. The van der Waals surface area contributed by atoms with E-state index in [2.05, 4.69) is 0 Å². The second-order valence-corrected chi connectivity index (χ2v) is 8.00. The Hall–Kier alpha value is -3.23. The van der Waals surface area contributed by atoms with E-state index < -0.39 is 4.92 Å². The number of hydrogen-bond donors (Lipinski definition) is 0. The molecule has 1 aliphatic heterocycles. The van der Waals surface area contributed by atoms with Gasteiger partial charge < -0.3 is 19.0 Å². The number of halogens is 2. The zero-order chi connectivity index (χ0) is 22.8. The van der Waals surface area contributed by atoms with Crippen LogP contribution in [0.5, 0.6) is 5.75 Å². The zero-order valence-corrected chi connectivity index (χ0v) is 18.6. The number of nitro benzene ring substituents is 1. The first-order valence-electron chi connectivity index (χ1n) is 9.79. The van der Waals surface area contributed by atoms with Crippen molar-refractivity contribution in [3.8, 4) is 17.1 Å². The lowest BCUT2D eigenvalue weighted by molar-refractivity contribution is -0.384. The summed E-state index contributed by atoms with van der Waals surface area (Å²) in [5, 5.41) is 12.3. The summed E-state index contributed by atoms with van der Waals surface area (Å²) in [6.07, 6.45) is 0. The molecule has 4 rings (SSSR count). The second-order valence-electron chi connectivity index (χ2n) is 7.18. The normalized spacial score (nSPS) is 13.8. The van der Waals surface area contributed by atoms with Gasteiger partial charge in [-0.2, -0.15) is 0 Å². The third kappa shape index (κ3) is 4.37. The minimum absolute atomic E-state index is 0.0265. The molecule has 1 aliphatic rings.